The maximum atomic E-state index is 12.2. The number of ketones is 1. The summed E-state index contributed by atoms with van der Waals surface area (Å²) in [7, 11) is 0. The standard InChI is InChI=1S/C19H16N4O5/c1-11-17(12(2)24)18(13-5-3-7-15(9-13)22(25)26)21-19(20-11)14-6-4-8-16(10-14)23(27)28/h3-10,18H,1-2H3,(H,20,21)/t18-/m0/s1. The van der Waals surface area contributed by atoms with Crippen molar-refractivity contribution in [2.75, 3.05) is 0 Å². The van der Waals surface area contributed by atoms with Gasteiger partial charge in [0.15, 0.2) is 5.78 Å². The number of amidine groups is 1. The molecule has 1 atom stereocenters. The summed E-state index contributed by atoms with van der Waals surface area (Å²) in [6.07, 6.45) is 0. The highest BCUT2D eigenvalue weighted by molar-refractivity contribution is 6.05. The van der Waals surface area contributed by atoms with Crippen LogP contribution in [-0.2, 0) is 4.79 Å². The van der Waals surface area contributed by atoms with Gasteiger partial charge in [-0.15, -0.1) is 0 Å². The number of allylic oxidation sites excluding steroid dienone is 1. The lowest BCUT2D eigenvalue weighted by atomic mass is 9.92. The lowest BCUT2D eigenvalue weighted by Crippen LogP contribution is -2.31. The van der Waals surface area contributed by atoms with E-state index in [0.717, 1.165) is 0 Å². The summed E-state index contributed by atoms with van der Waals surface area (Å²) in [6.45, 7) is 3.10. The van der Waals surface area contributed by atoms with Crippen LogP contribution in [0.2, 0.25) is 0 Å². The van der Waals surface area contributed by atoms with Crippen molar-refractivity contribution >= 4 is 23.0 Å². The van der Waals surface area contributed by atoms with E-state index < -0.39 is 15.9 Å². The van der Waals surface area contributed by atoms with Gasteiger partial charge in [0.1, 0.15) is 11.9 Å². The Kier molecular flexibility index (Phi) is 4.99. The van der Waals surface area contributed by atoms with E-state index in [9.17, 15) is 25.0 Å². The van der Waals surface area contributed by atoms with E-state index in [0.29, 0.717) is 28.2 Å². The molecule has 2 aromatic rings. The maximum absolute atomic E-state index is 12.2. The lowest BCUT2D eigenvalue weighted by Gasteiger charge is -2.26. The summed E-state index contributed by atoms with van der Waals surface area (Å²) < 4.78 is 0. The van der Waals surface area contributed by atoms with Gasteiger partial charge in [-0.05, 0) is 19.4 Å². The van der Waals surface area contributed by atoms with Crippen molar-refractivity contribution in [3.05, 3.63) is 91.2 Å². The Labute approximate surface area is 159 Å². The molecular weight excluding hydrogens is 364 g/mol. The average Bonchev–Trinajstić information content (AvgIpc) is 2.67. The fraction of sp³-hybridized carbons (Fsp3) is 0.158. The number of rotatable bonds is 5. The van der Waals surface area contributed by atoms with Crippen LogP contribution < -0.4 is 5.32 Å². The zero-order valence-corrected chi connectivity index (χ0v) is 15.1. The molecule has 0 spiro atoms. The molecule has 0 saturated heterocycles. The van der Waals surface area contributed by atoms with Gasteiger partial charge in [-0.1, -0.05) is 24.3 Å². The topological polar surface area (TPSA) is 128 Å². The van der Waals surface area contributed by atoms with Crippen LogP contribution in [0.5, 0.6) is 0 Å². The highest BCUT2D eigenvalue weighted by Gasteiger charge is 2.28. The third kappa shape index (κ3) is 3.63. The molecule has 3 rings (SSSR count). The van der Waals surface area contributed by atoms with Gasteiger partial charge in [0.2, 0.25) is 0 Å². The molecule has 0 bridgehead atoms. The number of hydrogen-bond acceptors (Lipinski definition) is 7. The Morgan fingerprint density at radius 2 is 1.64 bits per heavy atom. The van der Waals surface area contributed by atoms with Crippen molar-refractivity contribution in [3.63, 3.8) is 0 Å². The number of nitrogens with one attached hydrogen (secondary N) is 1. The van der Waals surface area contributed by atoms with Crippen molar-refractivity contribution in [2.45, 2.75) is 19.9 Å². The molecule has 0 aromatic heterocycles. The van der Waals surface area contributed by atoms with Crippen LogP contribution in [0.1, 0.15) is 31.0 Å². The molecule has 1 aliphatic rings. The SMILES string of the molecule is CC(=O)C1=C(C)NC(c2cccc([N+](=O)[O-])c2)=N[C@H]1c1cccc([N+](=O)[O-])c1. The predicted molar refractivity (Wildman–Crippen MR) is 102 cm³/mol. The minimum Gasteiger partial charge on any atom is -0.343 e. The molecule has 0 unspecified atom stereocenters. The van der Waals surface area contributed by atoms with E-state index >= 15 is 0 Å². The fourth-order valence-corrected chi connectivity index (χ4v) is 3.10. The number of carbonyl (C=O) groups is 1. The van der Waals surface area contributed by atoms with Crippen molar-refractivity contribution < 1.29 is 14.6 Å². The van der Waals surface area contributed by atoms with Crippen molar-refractivity contribution in [1.82, 2.24) is 5.32 Å². The Morgan fingerprint density at radius 1 is 1.04 bits per heavy atom. The fourth-order valence-electron chi connectivity index (χ4n) is 3.10. The van der Waals surface area contributed by atoms with Crippen LogP contribution >= 0.6 is 0 Å². The molecule has 1 aliphatic heterocycles. The van der Waals surface area contributed by atoms with E-state index in [4.69, 9.17) is 0 Å². The average molecular weight is 380 g/mol. The first kappa shape index (κ1) is 18.9. The molecule has 9 nitrogen and oxygen atoms in total. The van der Waals surface area contributed by atoms with Gasteiger partial charge in [0.05, 0.1) is 9.85 Å². The van der Waals surface area contributed by atoms with Gasteiger partial charge in [-0.25, -0.2) is 0 Å². The summed E-state index contributed by atoms with van der Waals surface area (Å²) in [6, 6.07) is 11.1. The van der Waals surface area contributed by atoms with E-state index in [1.165, 1.54) is 37.3 Å². The van der Waals surface area contributed by atoms with Crippen molar-refractivity contribution in [3.8, 4) is 0 Å². The number of non-ortho nitro benzene ring substituents is 2. The van der Waals surface area contributed by atoms with Gasteiger partial charge >= 0.3 is 0 Å². The van der Waals surface area contributed by atoms with Crippen LogP contribution in [0.25, 0.3) is 0 Å². The lowest BCUT2D eigenvalue weighted by molar-refractivity contribution is -0.385. The number of aliphatic imine (C=N–C) groups is 1. The molecule has 2 aromatic carbocycles. The van der Waals surface area contributed by atoms with E-state index in [-0.39, 0.29) is 17.2 Å². The molecule has 0 amide bonds. The van der Waals surface area contributed by atoms with Crippen LogP contribution in [0.4, 0.5) is 11.4 Å². The van der Waals surface area contributed by atoms with Crippen LogP contribution in [-0.4, -0.2) is 21.5 Å². The molecule has 142 valence electrons. The van der Waals surface area contributed by atoms with Gasteiger partial charge in [0.25, 0.3) is 11.4 Å². The molecule has 0 saturated carbocycles. The van der Waals surface area contributed by atoms with E-state index in [1.807, 2.05) is 0 Å². The minimum atomic E-state index is -0.757. The molecule has 0 fully saturated rings. The molecular formula is C19H16N4O5. The summed E-state index contributed by atoms with van der Waals surface area (Å²) in [5.74, 6) is 0.131. The Morgan fingerprint density at radius 3 is 2.25 bits per heavy atom. The summed E-state index contributed by atoms with van der Waals surface area (Å²) in [5, 5.41) is 25.2. The normalized spacial score (nSPS) is 16.2. The Bertz CT molecular complexity index is 1060. The highest BCUT2D eigenvalue weighted by atomic mass is 16.6. The first-order valence-electron chi connectivity index (χ1n) is 8.33. The first-order chi connectivity index (χ1) is 13.3. The summed E-state index contributed by atoms with van der Waals surface area (Å²) >= 11 is 0. The van der Waals surface area contributed by atoms with Gasteiger partial charge in [0, 0.05) is 41.1 Å². The smallest absolute Gasteiger partial charge is 0.270 e. The molecule has 0 aliphatic carbocycles. The molecule has 1 N–H and O–H groups in total. The largest absolute Gasteiger partial charge is 0.343 e. The molecule has 28 heavy (non-hydrogen) atoms. The number of hydrogen-bond donors (Lipinski definition) is 1. The molecule has 0 radical (unpaired) electrons. The van der Waals surface area contributed by atoms with Crippen LogP contribution in [0.15, 0.2) is 64.8 Å². The molecule has 9 heteroatoms. The second-order valence-electron chi connectivity index (χ2n) is 6.26. The van der Waals surface area contributed by atoms with Crippen molar-refractivity contribution in [2.24, 2.45) is 4.99 Å². The van der Waals surface area contributed by atoms with Crippen LogP contribution in [0.3, 0.4) is 0 Å². The third-order valence-electron chi connectivity index (χ3n) is 4.35. The van der Waals surface area contributed by atoms with Crippen LogP contribution in [0, 0.1) is 20.2 Å². The zero-order chi connectivity index (χ0) is 20.4. The number of nitro groups is 2. The van der Waals surface area contributed by atoms with Gasteiger partial charge in [-0.3, -0.25) is 30.0 Å². The van der Waals surface area contributed by atoms with E-state index in [2.05, 4.69) is 10.3 Å². The zero-order valence-electron chi connectivity index (χ0n) is 15.1. The first-order valence-corrected chi connectivity index (χ1v) is 8.33. The molecule has 1 heterocycles. The summed E-state index contributed by atoms with van der Waals surface area (Å²) in [4.78, 5) is 37.9. The minimum absolute atomic E-state index is 0.0899. The third-order valence-corrected chi connectivity index (χ3v) is 4.35. The van der Waals surface area contributed by atoms with Gasteiger partial charge < -0.3 is 5.32 Å². The Balaban J connectivity index is 2.13. The van der Waals surface area contributed by atoms with Crippen molar-refractivity contribution in [1.29, 1.82) is 0 Å². The van der Waals surface area contributed by atoms with E-state index in [1.54, 1.807) is 25.1 Å². The monoisotopic (exact) mass is 380 g/mol. The number of carbonyl (C=O) groups excluding carboxylic acids is 1. The maximum Gasteiger partial charge on any atom is 0.270 e. The predicted octanol–water partition coefficient (Wildman–Crippen LogP) is 3.46. The Hall–Kier alpha value is -3.88. The number of Topliss-reactive ketones (excluding diaryl/α,β-unsaturated/α-hetero) is 1. The summed E-state index contributed by atoms with van der Waals surface area (Å²) in [5.41, 5.74) is 1.70. The number of nitrogens with zero attached hydrogens (tertiary/aromatic N) is 3. The second-order valence-corrected chi connectivity index (χ2v) is 6.26. The number of benzene rings is 2. The van der Waals surface area contributed by atoms with Gasteiger partial charge in [-0.2, -0.15) is 0 Å². The number of nitro benzene ring substituents is 2. The highest BCUT2D eigenvalue weighted by Crippen LogP contribution is 2.33. The quantitative estimate of drug-likeness (QED) is 0.625. The second kappa shape index (κ2) is 7.39.